The molecule has 2 N–H and O–H groups in total. The lowest BCUT2D eigenvalue weighted by Crippen LogP contribution is -2.42. The van der Waals surface area contributed by atoms with E-state index in [1.54, 1.807) is 6.07 Å². The Bertz CT molecular complexity index is 296. The van der Waals surface area contributed by atoms with Gasteiger partial charge in [-0.3, -0.25) is 4.79 Å². The molecule has 0 atom stereocenters. The van der Waals surface area contributed by atoms with Crippen LogP contribution in [0, 0.1) is 0 Å². The molecule has 1 saturated heterocycles. The Labute approximate surface area is 94.0 Å². The Kier molecular flexibility index (Phi) is 4.58. The van der Waals surface area contributed by atoms with Crippen molar-refractivity contribution in [2.45, 2.75) is 18.9 Å². The average Bonchev–Trinajstić information content (AvgIpc) is 2.72. The molecular weight excluding hydrogens is 218 g/mol. The number of amides is 1. The van der Waals surface area contributed by atoms with Gasteiger partial charge in [0.1, 0.15) is 0 Å². The van der Waals surface area contributed by atoms with E-state index < -0.39 is 0 Å². The number of nitrogens with one attached hydrogen (secondary N) is 2. The molecule has 0 aliphatic carbocycles. The van der Waals surface area contributed by atoms with Crippen molar-refractivity contribution in [3.63, 3.8) is 0 Å². The SMILES string of the molecule is Cl.O=C(NC1CCNCC1)c1ccno1. The lowest BCUT2D eigenvalue weighted by molar-refractivity contribution is 0.0892. The smallest absolute Gasteiger partial charge is 0.290 e. The van der Waals surface area contributed by atoms with E-state index >= 15 is 0 Å². The highest BCUT2D eigenvalue weighted by Gasteiger charge is 2.17. The molecule has 2 heterocycles. The van der Waals surface area contributed by atoms with Crippen LogP contribution in [0.25, 0.3) is 0 Å². The first-order valence-corrected chi connectivity index (χ1v) is 4.78. The van der Waals surface area contributed by atoms with Crippen LogP contribution < -0.4 is 10.6 Å². The number of aromatic nitrogens is 1. The van der Waals surface area contributed by atoms with Crippen molar-refractivity contribution in [1.82, 2.24) is 15.8 Å². The maximum Gasteiger partial charge on any atom is 0.290 e. The fourth-order valence-corrected chi connectivity index (χ4v) is 1.56. The Balaban J connectivity index is 0.00000112. The summed E-state index contributed by atoms with van der Waals surface area (Å²) in [7, 11) is 0. The number of hydrogen-bond acceptors (Lipinski definition) is 4. The second-order valence-electron chi connectivity index (χ2n) is 3.37. The zero-order valence-electron chi connectivity index (χ0n) is 8.23. The predicted molar refractivity (Wildman–Crippen MR) is 57.1 cm³/mol. The third-order valence-corrected chi connectivity index (χ3v) is 2.34. The summed E-state index contributed by atoms with van der Waals surface area (Å²) in [6.07, 6.45) is 3.41. The number of piperidine rings is 1. The van der Waals surface area contributed by atoms with Gasteiger partial charge in [-0.2, -0.15) is 0 Å². The number of carbonyl (C=O) groups is 1. The molecule has 2 rings (SSSR count). The van der Waals surface area contributed by atoms with E-state index in [0.717, 1.165) is 25.9 Å². The molecule has 0 unspecified atom stereocenters. The van der Waals surface area contributed by atoms with Crippen LogP contribution in [0.2, 0.25) is 0 Å². The summed E-state index contributed by atoms with van der Waals surface area (Å²) in [5, 5.41) is 9.63. The van der Waals surface area contributed by atoms with E-state index in [2.05, 4.69) is 15.8 Å². The molecule has 0 aromatic carbocycles. The molecule has 15 heavy (non-hydrogen) atoms. The van der Waals surface area contributed by atoms with Gasteiger partial charge in [-0.15, -0.1) is 12.4 Å². The minimum absolute atomic E-state index is 0. The molecule has 0 spiro atoms. The summed E-state index contributed by atoms with van der Waals surface area (Å²) in [6.45, 7) is 1.92. The van der Waals surface area contributed by atoms with Gasteiger partial charge in [0.25, 0.3) is 5.91 Å². The monoisotopic (exact) mass is 231 g/mol. The van der Waals surface area contributed by atoms with Gasteiger partial charge in [-0.1, -0.05) is 5.16 Å². The highest BCUT2D eigenvalue weighted by Crippen LogP contribution is 2.04. The Morgan fingerprint density at radius 3 is 2.87 bits per heavy atom. The molecule has 5 nitrogen and oxygen atoms in total. The lowest BCUT2D eigenvalue weighted by Gasteiger charge is -2.22. The molecule has 0 bridgehead atoms. The molecule has 1 fully saturated rings. The lowest BCUT2D eigenvalue weighted by atomic mass is 10.1. The van der Waals surface area contributed by atoms with Gasteiger partial charge in [0, 0.05) is 12.1 Å². The summed E-state index contributed by atoms with van der Waals surface area (Å²) in [5.74, 6) is 0.109. The van der Waals surface area contributed by atoms with E-state index in [9.17, 15) is 4.79 Å². The maximum absolute atomic E-state index is 11.5. The van der Waals surface area contributed by atoms with Crippen molar-refractivity contribution in [3.05, 3.63) is 18.0 Å². The molecule has 1 aliphatic heterocycles. The van der Waals surface area contributed by atoms with E-state index in [-0.39, 0.29) is 30.1 Å². The van der Waals surface area contributed by atoms with E-state index in [4.69, 9.17) is 4.52 Å². The Morgan fingerprint density at radius 2 is 2.27 bits per heavy atom. The Hall–Kier alpha value is -1.07. The normalized spacial score (nSPS) is 16.8. The summed E-state index contributed by atoms with van der Waals surface area (Å²) >= 11 is 0. The Morgan fingerprint density at radius 1 is 1.53 bits per heavy atom. The molecule has 1 amide bonds. The fourth-order valence-electron chi connectivity index (χ4n) is 1.56. The molecule has 0 saturated carbocycles. The molecule has 6 heteroatoms. The van der Waals surface area contributed by atoms with Crippen molar-refractivity contribution in [2.24, 2.45) is 0 Å². The number of rotatable bonds is 2. The van der Waals surface area contributed by atoms with Gasteiger partial charge in [0.2, 0.25) is 5.76 Å². The van der Waals surface area contributed by atoms with Gasteiger partial charge in [0.05, 0.1) is 6.20 Å². The average molecular weight is 232 g/mol. The first kappa shape index (κ1) is 12.0. The second kappa shape index (κ2) is 5.72. The van der Waals surface area contributed by atoms with E-state index in [0.29, 0.717) is 0 Å². The predicted octanol–water partition coefficient (Wildman–Crippen LogP) is 0.578. The quantitative estimate of drug-likeness (QED) is 0.782. The van der Waals surface area contributed by atoms with E-state index in [1.165, 1.54) is 6.20 Å². The third-order valence-electron chi connectivity index (χ3n) is 2.34. The topological polar surface area (TPSA) is 67.2 Å². The first-order valence-electron chi connectivity index (χ1n) is 4.78. The van der Waals surface area contributed by atoms with Gasteiger partial charge in [0.15, 0.2) is 0 Å². The molecule has 1 aliphatic rings. The van der Waals surface area contributed by atoms with Crippen molar-refractivity contribution in [3.8, 4) is 0 Å². The van der Waals surface area contributed by atoms with Crippen LogP contribution >= 0.6 is 12.4 Å². The van der Waals surface area contributed by atoms with Crippen molar-refractivity contribution in [1.29, 1.82) is 0 Å². The van der Waals surface area contributed by atoms with Crippen molar-refractivity contribution in [2.75, 3.05) is 13.1 Å². The van der Waals surface area contributed by atoms with Crippen molar-refractivity contribution >= 4 is 18.3 Å². The summed E-state index contributed by atoms with van der Waals surface area (Å²) in [6, 6.07) is 1.82. The maximum atomic E-state index is 11.5. The zero-order valence-corrected chi connectivity index (χ0v) is 9.05. The van der Waals surface area contributed by atoms with Crippen molar-refractivity contribution < 1.29 is 9.32 Å². The third kappa shape index (κ3) is 3.21. The van der Waals surface area contributed by atoms with E-state index in [1.807, 2.05) is 0 Å². The number of hydrogen-bond donors (Lipinski definition) is 2. The molecule has 84 valence electrons. The minimum Gasteiger partial charge on any atom is -0.351 e. The molecular formula is C9H14ClN3O2. The van der Waals surface area contributed by atoms with Crippen LogP contribution in [0.4, 0.5) is 0 Å². The number of halogens is 1. The standard InChI is InChI=1S/C9H13N3O2.ClH/c13-9(8-3-6-11-14-8)12-7-1-4-10-5-2-7;/h3,6-7,10H,1-2,4-5H2,(H,12,13);1H. The molecule has 1 aromatic rings. The second-order valence-corrected chi connectivity index (χ2v) is 3.37. The van der Waals surface area contributed by atoms with Crippen LogP contribution in [0.5, 0.6) is 0 Å². The van der Waals surface area contributed by atoms with Gasteiger partial charge >= 0.3 is 0 Å². The highest BCUT2D eigenvalue weighted by atomic mass is 35.5. The van der Waals surface area contributed by atoms with Gasteiger partial charge in [-0.05, 0) is 25.9 Å². The summed E-state index contributed by atoms with van der Waals surface area (Å²) in [5.41, 5.74) is 0. The minimum atomic E-state index is -0.172. The zero-order chi connectivity index (χ0) is 9.80. The van der Waals surface area contributed by atoms with Crippen LogP contribution in [0.15, 0.2) is 16.8 Å². The van der Waals surface area contributed by atoms with Gasteiger partial charge < -0.3 is 15.2 Å². The molecule has 0 radical (unpaired) electrons. The van der Waals surface area contributed by atoms with Gasteiger partial charge in [-0.25, -0.2) is 0 Å². The summed E-state index contributed by atoms with van der Waals surface area (Å²) < 4.78 is 4.76. The first-order chi connectivity index (χ1) is 6.86. The fraction of sp³-hybridized carbons (Fsp3) is 0.556. The van der Waals surface area contributed by atoms with Crippen LogP contribution in [-0.4, -0.2) is 30.2 Å². The number of carbonyl (C=O) groups excluding carboxylic acids is 1. The summed E-state index contributed by atoms with van der Waals surface area (Å²) in [4.78, 5) is 11.5. The largest absolute Gasteiger partial charge is 0.351 e. The van der Waals surface area contributed by atoms with Crippen LogP contribution in [0.3, 0.4) is 0 Å². The van der Waals surface area contributed by atoms with Crippen LogP contribution in [-0.2, 0) is 0 Å². The highest BCUT2D eigenvalue weighted by molar-refractivity contribution is 5.91. The van der Waals surface area contributed by atoms with Crippen LogP contribution in [0.1, 0.15) is 23.4 Å². The number of nitrogens with zero attached hydrogens (tertiary/aromatic N) is 1. The molecule has 1 aromatic heterocycles.